The summed E-state index contributed by atoms with van der Waals surface area (Å²) in [7, 11) is 0. The number of rotatable bonds is 7. The summed E-state index contributed by atoms with van der Waals surface area (Å²) >= 11 is 0. The molecule has 11 N–H and O–H groups in total. The molecule has 0 aromatic rings. The highest BCUT2D eigenvalue weighted by Crippen LogP contribution is 2.29. The molecule has 0 aromatic carbocycles. The van der Waals surface area contributed by atoms with Crippen molar-refractivity contribution in [3.63, 3.8) is 0 Å². The number of ether oxygens (including phenoxy) is 5. The van der Waals surface area contributed by atoms with Crippen LogP contribution in [0.1, 0.15) is 0 Å². The molecule has 0 aromatic heterocycles. The molecule has 3 aliphatic rings. The topological polar surface area (TPSA) is 269 Å². The Hall–Kier alpha value is -0.640. The fraction of sp³-hybridized carbons (Fsp3) is 1.00. The first-order valence-electron chi connectivity index (χ1n) is 10.6. The van der Waals surface area contributed by atoms with Crippen LogP contribution in [0.5, 0.6) is 0 Å². The Balaban J connectivity index is 1.66. The van der Waals surface area contributed by atoms with Gasteiger partial charge in [-0.2, -0.15) is 0 Å². The van der Waals surface area contributed by atoms with Crippen molar-refractivity contribution >= 4 is 0 Å². The fourth-order valence-electron chi connectivity index (χ4n) is 3.95. The Labute approximate surface area is 192 Å². The number of aliphatic hydroxyl groups excluding tert-OH is 11. The second-order valence-electron chi connectivity index (χ2n) is 8.37. The predicted molar refractivity (Wildman–Crippen MR) is 101 cm³/mol. The van der Waals surface area contributed by atoms with Crippen LogP contribution in [-0.2, 0) is 23.7 Å². The molecule has 3 heterocycles. The van der Waals surface area contributed by atoms with Gasteiger partial charge in [-0.3, -0.25) is 0 Å². The average molecular weight is 504 g/mol. The first-order chi connectivity index (χ1) is 16.0. The second-order valence-corrected chi connectivity index (χ2v) is 8.37. The lowest BCUT2D eigenvalue weighted by atomic mass is 9.97. The third kappa shape index (κ3) is 5.52. The van der Waals surface area contributed by atoms with Gasteiger partial charge in [0.05, 0.1) is 19.8 Å². The Morgan fingerprint density at radius 2 is 1.03 bits per heavy atom. The van der Waals surface area contributed by atoms with E-state index in [1.54, 1.807) is 0 Å². The molecule has 3 aliphatic heterocycles. The summed E-state index contributed by atoms with van der Waals surface area (Å²) in [5, 5.41) is 109. The first kappa shape index (κ1) is 27.9. The molecular formula is C18H32O16. The molecule has 3 fully saturated rings. The minimum absolute atomic E-state index is 0.609. The van der Waals surface area contributed by atoms with Crippen molar-refractivity contribution in [1.82, 2.24) is 0 Å². The molecular weight excluding hydrogens is 472 g/mol. The van der Waals surface area contributed by atoms with E-state index < -0.39 is 112 Å². The van der Waals surface area contributed by atoms with Crippen LogP contribution >= 0.6 is 0 Å². The lowest BCUT2D eigenvalue weighted by molar-refractivity contribution is -0.362. The molecule has 16 heteroatoms. The molecule has 1 unspecified atom stereocenters. The number of aliphatic hydroxyl groups is 11. The van der Waals surface area contributed by atoms with Crippen molar-refractivity contribution < 1.29 is 79.9 Å². The van der Waals surface area contributed by atoms with Gasteiger partial charge in [-0.05, 0) is 0 Å². The molecule has 0 saturated carbocycles. The van der Waals surface area contributed by atoms with Crippen molar-refractivity contribution in [1.29, 1.82) is 0 Å². The Morgan fingerprint density at radius 3 is 1.62 bits per heavy atom. The highest BCUT2D eigenvalue weighted by Gasteiger charge is 2.51. The molecule has 0 amide bonds. The van der Waals surface area contributed by atoms with Gasteiger partial charge < -0.3 is 79.9 Å². The molecule has 3 rings (SSSR count). The molecule has 34 heavy (non-hydrogen) atoms. The zero-order valence-electron chi connectivity index (χ0n) is 17.7. The maximum absolute atomic E-state index is 10.3. The normalized spacial score (nSPS) is 52.5. The Bertz CT molecular complexity index is 637. The Morgan fingerprint density at radius 1 is 0.500 bits per heavy atom. The molecule has 0 aliphatic carbocycles. The van der Waals surface area contributed by atoms with E-state index in [2.05, 4.69) is 0 Å². The van der Waals surface area contributed by atoms with E-state index in [0.29, 0.717) is 0 Å². The van der Waals surface area contributed by atoms with Crippen LogP contribution in [0.15, 0.2) is 0 Å². The van der Waals surface area contributed by atoms with Crippen LogP contribution in [0.2, 0.25) is 0 Å². The lowest BCUT2D eigenvalue weighted by Gasteiger charge is -2.45. The van der Waals surface area contributed by atoms with Crippen molar-refractivity contribution in [2.24, 2.45) is 0 Å². The van der Waals surface area contributed by atoms with Gasteiger partial charge in [0.15, 0.2) is 18.9 Å². The third-order valence-electron chi connectivity index (χ3n) is 6.07. The summed E-state index contributed by atoms with van der Waals surface area (Å²) in [6, 6.07) is 0. The molecule has 0 spiro atoms. The summed E-state index contributed by atoms with van der Waals surface area (Å²) in [6.07, 6.45) is -24.9. The van der Waals surface area contributed by atoms with Gasteiger partial charge in [-0.15, -0.1) is 0 Å². The largest absolute Gasteiger partial charge is 0.394 e. The molecule has 200 valence electrons. The maximum atomic E-state index is 10.3. The molecule has 3 saturated heterocycles. The van der Waals surface area contributed by atoms with E-state index in [1.807, 2.05) is 0 Å². The van der Waals surface area contributed by atoms with Gasteiger partial charge in [0, 0.05) is 0 Å². The van der Waals surface area contributed by atoms with Crippen LogP contribution in [0.25, 0.3) is 0 Å². The minimum atomic E-state index is -1.87. The van der Waals surface area contributed by atoms with Gasteiger partial charge in [-0.1, -0.05) is 0 Å². The van der Waals surface area contributed by atoms with Gasteiger partial charge in [0.1, 0.15) is 73.2 Å². The quantitative estimate of drug-likeness (QED) is 0.154. The fourth-order valence-corrected chi connectivity index (χ4v) is 3.95. The van der Waals surface area contributed by atoms with Crippen molar-refractivity contribution in [2.75, 3.05) is 19.8 Å². The predicted octanol–water partition coefficient (Wildman–Crippen LogP) is -7.57. The molecule has 0 bridgehead atoms. The van der Waals surface area contributed by atoms with Gasteiger partial charge in [0.2, 0.25) is 0 Å². The monoisotopic (exact) mass is 504 g/mol. The van der Waals surface area contributed by atoms with E-state index in [1.165, 1.54) is 0 Å². The summed E-state index contributed by atoms with van der Waals surface area (Å²) in [6.45, 7) is -2.07. The van der Waals surface area contributed by atoms with E-state index >= 15 is 0 Å². The summed E-state index contributed by atoms with van der Waals surface area (Å²) < 4.78 is 26.3. The standard InChI is InChI=1S/C18H32O16/c19-1-4-7(21)9(23)13(27)17(32-4)30-3-6-8(22)10(24)14(28)18(33-6)34-15-5(2-20)31-16(29)12(26)11(15)25/h4-29H,1-3H2/t4-,5-,6-,7-,8-,9+,10+,11-,12-,13-,14-,15-,16?,17+,18+/m1/s1. The van der Waals surface area contributed by atoms with Crippen LogP contribution in [0, 0.1) is 0 Å². The molecule has 0 radical (unpaired) electrons. The highest BCUT2D eigenvalue weighted by molar-refractivity contribution is 4.94. The van der Waals surface area contributed by atoms with E-state index in [9.17, 15) is 56.2 Å². The molecule has 16 nitrogen and oxygen atoms in total. The lowest BCUT2D eigenvalue weighted by Crippen LogP contribution is -2.65. The second kappa shape index (κ2) is 11.6. The molecule has 15 atom stereocenters. The van der Waals surface area contributed by atoms with Crippen LogP contribution in [0.3, 0.4) is 0 Å². The zero-order valence-corrected chi connectivity index (χ0v) is 17.7. The van der Waals surface area contributed by atoms with E-state index in [-0.39, 0.29) is 0 Å². The summed E-state index contributed by atoms with van der Waals surface area (Å²) in [5.74, 6) is 0. The number of hydrogen-bond acceptors (Lipinski definition) is 16. The average Bonchev–Trinajstić information content (AvgIpc) is 2.82. The van der Waals surface area contributed by atoms with Crippen LogP contribution < -0.4 is 0 Å². The SMILES string of the molecule is OC[C@H]1O[C@H](OC[C@H]2O[C@@H](O[C@H]3[C@H](O)[C@@H](O)C(O)O[C@@H]3CO)[C@H](O)[C@@H](O)[C@@H]2O)[C@H](O)[C@@H](O)[C@@H]1O. The first-order valence-corrected chi connectivity index (χ1v) is 10.6. The van der Waals surface area contributed by atoms with Crippen LogP contribution in [-0.4, -0.2) is 168 Å². The van der Waals surface area contributed by atoms with Crippen LogP contribution in [0.4, 0.5) is 0 Å². The summed E-state index contributed by atoms with van der Waals surface area (Å²) in [5.41, 5.74) is 0. The van der Waals surface area contributed by atoms with E-state index in [0.717, 1.165) is 0 Å². The van der Waals surface area contributed by atoms with Gasteiger partial charge >= 0.3 is 0 Å². The highest BCUT2D eigenvalue weighted by atomic mass is 16.7. The zero-order chi connectivity index (χ0) is 25.3. The van der Waals surface area contributed by atoms with Crippen molar-refractivity contribution in [3.05, 3.63) is 0 Å². The van der Waals surface area contributed by atoms with Gasteiger partial charge in [0.25, 0.3) is 0 Å². The smallest absolute Gasteiger partial charge is 0.187 e. The third-order valence-corrected chi connectivity index (χ3v) is 6.07. The minimum Gasteiger partial charge on any atom is -0.394 e. The maximum Gasteiger partial charge on any atom is 0.187 e. The Kier molecular flexibility index (Phi) is 9.54. The number of hydrogen-bond donors (Lipinski definition) is 11. The van der Waals surface area contributed by atoms with E-state index in [4.69, 9.17) is 23.7 Å². The summed E-state index contributed by atoms with van der Waals surface area (Å²) in [4.78, 5) is 0. The van der Waals surface area contributed by atoms with Crippen molar-refractivity contribution in [3.8, 4) is 0 Å². The van der Waals surface area contributed by atoms with Gasteiger partial charge in [-0.25, -0.2) is 0 Å². The van der Waals surface area contributed by atoms with Crippen molar-refractivity contribution in [2.45, 2.75) is 92.1 Å².